The maximum atomic E-state index is 13.8. The Balaban J connectivity index is 2.47. The molecule has 1 unspecified atom stereocenters. The number of rotatable bonds is 3. The van der Waals surface area contributed by atoms with Gasteiger partial charge in [0.15, 0.2) is 0 Å². The van der Waals surface area contributed by atoms with E-state index in [0.717, 1.165) is 18.2 Å². The maximum absolute atomic E-state index is 13.8. The minimum atomic E-state index is -4.48. The van der Waals surface area contributed by atoms with Gasteiger partial charge in [0.1, 0.15) is 11.6 Å². The first-order chi connectivity index (χ1) is 9.82. The van der Waals surface area contributed by atoms with E-state index in [4.69, 9.17) is 0 Å². The minimum Gasteiger partial charge on any atom is -0.309 e. The maximum Gasteiger partial charge on any atom is 0.416 e. The molecule has 1 N–H and O–H groups in total. The Hall–Kier alpha value is -1.95. The summed E-state index contributed by atoms with van der Waals surface area (Å²) >= 11 is 0. The number of hydrogen-bond acceptors (Lipinski definition) is 1. The molecule has 2 rings (SSSR count). The molecule has 0 saturated carbocycles. The number of nitrogens with one attached hydrogen (secondary N) is 1. The van der Waals surface area contributed by atoms with Crippen molar-refractivity contribution in [2.45, 2.75) is 12.2 Å². The van der Waals surface area contributed by atoms with Gasteiger partial charge in [-0.15, -0.1) is 0 Å². The highest BCUT2D eigenvalue weighted by atomic mass is 19.4. The monoisotopic (exact) mass is 301 g/mol. The zero-order chi connectivity index (χ0) is 15.6. The minimum absolute atomic E-state index is 0.0817. The van der Waals surface area contributed by atoms with Gasteiger partial charge in [-0.05, 0) is 30.8 Å². The molecule has 21 heavy (non-hydrogen) atoms. The Bertz CT molecular complexity index is 636. The molecule has 0 fully saturated rings. The molecule has 0 spiro atoms. The Morgan fingerprint density at radius 2 is 1.71 bits per heavy atom. The van der Waals surface area contributed by atoms with Crippen LogP contribution in [-0.2, 0) is 6.18 Å². The quantitative estimate of drug-likeness (QED) is 0.834. The van der Waals surface area contributed by atoms with Crippen LogP contribution in [0, 0.1) is 11.6 Å². The molecule has 1 atom stereocenters. The summed E-state index contributed by atoms with van der Waals surface area (Å²) < 4.78 is 64.9. The normalized spacial score (nSPS) is 13.2. The fourth-order valence-corrected chi connectivity index (χ4v) is 2.13. The molecule has 0 aliphatic rings. The third kappa shape index (κ3) is 3.39. The van der Waals surface area contributed by atoms with E-state index in [9.17, 15) is 22.0 Å². The highest BCUT2D eigenvalue weighted by Gasteiger charge is 2.31. The van der Waals surface area contributed by atoms with Crippen LogP contribution in [0.3, 0.4) is 0 Å². The van der Waals surface area contributed by atoms with Crippen molar-refractivity contribution in [3.8, 4) is 0 Å². The van der Waals surface area contributed by atoms with Gasteiger partial charge in [0.2, 0.25) is 0 Å². The molecule has 1 nitrogen and oxygen atoms in total. The van der Waals surface area contributed by atoms with E-state index in [1.54, 1.807) is 0 Å². The molecule has 0 heterocycles. The lowest BCUT2D eigenvalue weighted by Gasteiger charge is -2.19. The van der Waals surface area contributed by atoms with Crippen molar-refractivity contribution in [2.75, 3.05) is 7.05 Å². The van der Waals surface area contributed by atoms with Crippen LogP contribution < -0.4 is 5.32 Å². The van der Waals surface area contributed by atoms with Gasteiger partial charge >= 0.3 is 6.18 Å². The Kier molecular flexibility index (Phi) is 4.27. The van der Waals surface area contributed by atoms with Crippen LogP contribution >= 0.6 is 0 Å². The van der Waals surface area contributed by atoms with Crippen LogP contribution in [0.15, 0.2) is 42.5 Å². The Morgan fingerprint density at radius 3 is 2.29 bits per heavy atom. The topological polar surface area (TPSA) is 12.0 Å². The summed E-state index contributed by atoms with van der Waals surface area (Å²) in [6.45, 7) is 0. The smallest absolute Gasteiger partial charge is 0.309 e. The van der Waals surface area contributed by atoms with Crippen LogP contribution in [0.4, 0.5) is 22.0 Å². The summed E-state index contributed by atoms with van der Waals surface area (Å²) in [6, 6.07) is 6.79. The molecule has 0 saturated heterocycles. The third-order valence-corrected chi connectivity index (χ3v) is 3.11. The van der Waals surface area contributed by atoms with Crippen molar-refractivity contribution in [2.24, 2.45) is 0 Å². The van der Waals surface area contributed by atoms with E-state index >= 15 is 0 Å². The molecule has 2 aromatic rings. The predicted octanol–water partition coefficient (Wildman–Crippen LogP) is 4.29. The fourth-order valence-electron chi connectivity index (χ4n) is 2.13. The predicted molar refractivity (Wildman–Crippen MR) is 68.7 cm³/mol. The van der Waals surface area contributed by atoms with Crippen LogP contribution in [-0.4, -0.2) is 7.05 Å². The SMILES string of the molecule is CNC(c1cccc(C(F)(F)F)c1)c1ccc(F)cc1F. The van der Waals surface area contributed by atoms with Crippen molar-refractivity contribution in [1.82, 2.24) is 5.32 Å². The molecule has 6 heteroatoms. The molecular weight excluding hydrogens is 289 g/mol. The molecule has 0 radical (unpaired) electrons. The number of benzene rings is 2. The van der Waals surface area contributed by atoms with Crippen molar-refractivity contribution in [3.63, 3.8) is 0 Å². The summed E-state index contributed by atoms with van der Waals surface area (Å²) in [5, 5.41) is 2.74. The lowest BCUT2D eigenvalue weighted by Crippen LogP contribution is -2.20. The highest BCUT2D eigenvalue weighted by Crippen LogP contribution is 2.32. The Labute approximate surface area is 118 Å². The molecule has 0 aliphatic heterocycles. The summed E-state index contributed by atoms with van der Waals surface area (Å²) in [7, 11) is 1.49. The van der Waals surface area contributed by atoms with E-state index in [1.807, 2.05) is 0 Å². The summed E-state index contributed by atoms with van der Waals surface area (Å²) in [6.07, 6.45) is -4.48. The second-order valence-corrected chi connectivity index (χ2v) is 4.51. The molecule has 0 bridgehead atoms. The first-order valence-electron chi connectivity index (χ1n) is 6.12. The van der Waals surface area contributed by atoms with Gasteiger partial charge in [-0.3, -0.25) is 0 Å². The molecule has 0 amide bonds. The Morgan fingerprint density at radius 1 is 1.00 bits per heavy atom. The second-order valence-electron chi connectivity index (χ2n) is 4.51. The van der Waals surface area contributed by atoms with Gasteiger partial charge in [-0.25, -0.2) is 8.78 Å². The third-order valence-electron chi connectivity index (χ3n) is 3.11. The van der Waals surface area contributed by atoms with E-state index < -0.39 is 29.4 Å². The number of halogens is 5. The fraction of sp³-hybridized carbons (Fsp3) is 0.200. The first kappa shape index (κ1) is 15.4. The molecule has 0 aliphatic carbocycles. The van der Waals surface area contributed by atoms with Crippen molar-refractivity contribution >= 4 is 0 Å². The standard InChI is InChI=1S/C15H12F5N/c1-21-14(12-6-5-11(16)8-13(12)17)9-3-2-4-10(7-9)15(18,19)20/h2-8,14,21H,1H3. The van der Waals surface area contributed by atoms with Gasteiger partial charge in [-0.1, -0.05) is 18.2 Å². The molecular formula is C15H12F5N. The summed E-state index contributed by atoms with van der Waals surface area (Å²) in [4.78, 5) is 0. The van der Waals surface area contributed by atoms with Crippen LogP contribution in [0.2, 0.25) is 0 Å². The van der Waals surface area contributed by atoms with Crippen LogP contribution in [0.5, 0.6) is 0 Å². The van der Waals surface area contributed by atoms with Crippen molar-refractivity contribution in [1.29, 1.82) is 0 Å². The lowest BCUT2D eigenvalue weighted by molar-refractivity contribution is -0.137. The highest BCUT2D eigenvalue weighted by molar-refractivity contribution is 5.36. The first-order valence-corrected chi connectivity index (χ1v) is 6.12. The van der Waals surface area contributed by atoms with Gasteiger partial charge in [0, 0.05) is 11.6 Å². The number of alkyl halides is 3. The van der Waals surface area contributed by atoms with Gasteiger partial charge in [0.25, 0.3) is 0 Å². The summed E-state index contributed by atoms with van der Waals surface area (Å²) in [5.41, 5.74) is -0.487. The van der Waals surface area contributed by atoms with E-state index in [1.165, 1.54) is 25.2 Å². The largest absolute Gasteiger partial charge is 0.416 e. The van der Waals surface area contributed by atoms with Crippen molar-refractivity contribution in [3.05, 3.63) is 70.8 Å². The van der Waals surface area contributed by atoms with Gasteiger partial charge < -0.3 is 5.32 Å². The van der Waals surface area contributed by atoms with Crippen LogP contribution in [0.25, 0.3) is 0 Å². The summed E-state index contributed by atoms with van der Waals surface area (Å²) in [5.74, 6) is -1.55. The molecule has 2 aromatic carbocycles. The second kappa shape index (κ2) is 5.81. The lowest BCUT2D eigenvalue weighted by atomic mass is 9.96. The van der Waals surface area contributed by atoms with Crippen LogP contribution in [0.1, 0.15) is 22.7 Å². The zero-order valence-corrected chi connectivity index (χ0v) is 11.0. The van der Waals surface area contributed by atoms with Gasteiger partial charge in [-0.2, -0.15) is 13.2 Å². The molecule has 112 valence electrons. The number of hydrogen-bond donors (Lipinski definition) is 1. The van der Waals surface area contributed by atoms with Crippen molar-refractivity contribution < 1.29 is 22.0 Å². The van der Waals surface area contributed by atoms with E-state index in [-0.39, 0.29) is 11.1 Å². The van der Waals surface area contributed by atoms with E-state index in [0.29, 0.717) is 6.07 Å². The average molecular weight is 301 g/mol. The molecule has 0 aromatic heterocycles. The van der Waals surface area contributed by atoms with Gasteiger partial charge in [0.05, 0.1) is 11.6 Å². The van der Waals surface area contributed by atoms with E-state index in [2.05, 4.69) is 5.32 Å². The average Bonchev–Trinajstić information content (AvgIpc) is 2.41. The zero-order valence-electron chi connectivity index (χ0n) is 11.0.